The molecule has 0 atom stereocenters. The average molecular weight is 407 g/mol. The number of imidazole rings is 1. The fourth-order valence-electron chi connectivity index (χ4n) is 3.24. The van der Waals surface area contributed by atoms with Gasteiger partial charge >= 0.3 is 6.18 Å². The van der Waals surface area contributed by atoms with Crippen molar-refractivity contribution in [2.45, 2.75) is 31.5 Å². The van der Waals surface area contributed by atoms with Crippen molar-refractivity contribution in [3.8, 4) is 0 Å². The minimum atomic E-state index is -4.40. The molecule has 0 aliphatic heterocycles. The highest BCUT2D eigenvalue weighted by Crippen LogP contribution is 2.42. The molecule has 28 heavy (non-hydrogen) atoms. The lowest BCUT2D eigenvalue weighted by Crippen LogP contribution is -2.06. The summed E-state index contributed by atoms with van der Waals surface area (Å²) in [7, 11) is 0. The Labute approximate surface area is 162 Å². The lowest BCUT2D eigenvalue weighted by molar-refractivity contribution is -0.137. The Morgan fingerprint density at radius 1 is 1.21 bits per heavy atom. The van der Waals surface area contributed by atoms with Gasteiger partial charge in [0.2, 0.25) is 0 Å². The van der Waals surface area contributed by atoms with E-state index in [0.717, 1.165) is 36.2 Å². The molecule has 4 aromatic rings. The molecular formula is C18H14ClF3N6. The van der Waals surface area contributed by atoms with Crippen LogP contribution in [0, 0.1) is 0 Å². The SMILES string of the molecule is FC(F)(F)c1ccn2cc(CNc3cc(Cl)nc4c(C5CC5)cnn34)nc2c1. The minimum absolute atomic E-state index is 0.236. The van der Waals surface area contributed by atoms with E-state index in [9.17, 15) is 13.2 Å². The van der Waals surface area contributed by atoms with Gasteiger partial charge in [0.15, 0.2) is 5.65 Å². The van der Waals surface area contributed by atoms with Crippen LogP contribution in [0.5, 0.6) is 0 Å². The largest absolute Gasteiger partial charge is 0.416 e. The van der Waals surface area contributed by atoms with E-state index in [0.29, 0.717) is 29.1 Å². The zero-order valence-electron chi connectivity index (χ0n) is 14.4. The van der Waals surface area contributed by atoms with Crippen LogP contribution in [0.1, 0.15) is 35.6 Å². The lowest BCUT2D eigenvalue weighted by atomic mass is 10.2. The second-order valence-corrected chi connectivity index (χ2v) is 7.23. The number of nitrogens with zero attached hydrogens (tertiary/aromatic N) is 5. The molecule has 5 rings (SSSR count). The van der Waals surface area contributed by atoms with Gasteiger partial charge in [0.25, 0.3) is 0 Å². The molecule has 4 aromatic heterocycles. The molecule has 0 bridgehead atoms. The number of hydrogen-bond acceptors (Lipinski definition) is 4. The normalized spacial score (nSPS) is 14.9. The molecule has 10 heteroatoms. The van der Waals surface area contributed by atoms with Crippen LogP contribution >= 0.6 is 11.6 Å². The number of pyridine rings is 1. The predicted molar refractivity (Wildman–Crippen MR) is 97.5 cm³/mol. The highest BCUT2D eigenvalue weighted by molar-refractivity contribution is 6.29. The van der Waals surface area contributed by atoms with E-state index in [-0.39, 0.29) is 5.65 Å². The molecule has 1 saturated carbocycles. The first kappa shape index (κ1) is 17.3. The maximum absolute atomic E-state index is 12.9. The predicted octanol–water partition coefficient (Wildman–Crippen LogP) is 4.54. The van der Waals surface area contributed by atoms with E-state index in [4.69, 9.17) is 11.6 Å². The van der Waals surface area contributed by atoms with Crippen molar-refractivity contribution in [1.29, 1.82) is 0 Å². The fraction of sp³-hybridized carbons (Fsp3) is 0.278. The number of fused-ring (bicyclic) bond motifs is 2. The van der Waals surface area contributed by atoms with Crippen molar-refractivity contribution < 1.29 is 13.2 Å². The molecule has 0 saturated heterocycles. The quantitative estimate of drug-likeness (QED) is 0.505. The van der Waals surface area contributed by atoms with Crippen LogP contribution in [-0.2, 0) is 12.7 Å². The Hall–Kier alpha value is -2.81. The minimum Gasteiger partial charge on any atom is -0.364 e. The molecule has 1 aliphatic carbocycles. The van der Waals surface area contributed by atoms with Gasteiger partial charge in [0.05, 0.1) is 24.0 Å². The number of aromatic nitrogens is 5. The molecule has 0 radical (unpaired) electrons. The summed E-state index contributed by atoms with van der Waals surface area (Å²) in [5.74, 6) is 1.13. The molecule has 0 spiro atoms. The maximum Gasteiger partial charge on any atom is 0.416 e. The molecule has 0 unspecified atom stereocenters. The van der Waals surface area contributed by atoms with Crippen LogP contribution in [0.4, 0.5) is 19.0 Å². The lowest BCUT2D eigenvalue weighted by Gasteiger charge is -2.07. The number of rotatable bonds is 4. The van der Waals surface area contributed by atoms with E-state index in [2.05, 4.69) is 20.4 Å². The van der Waals surface area contributed by atoms with E-state index in [1.807, 2.05) is 6.20 Å². The number of alkyl halides is 3. The van der Waals surface area contributed by atoms with Gasteiger partial charge in [-0.15, -0.1) is 0 Å². The third kappa shape index (κ3) is 3.05. The van der Waals surface area contributed by atoms with Crippen molar-refractivity contribution in [2.24, 2.45) is 0 Å². The Kier molecular flexibility index (Phi) is 3.77. The molecule has 1 N–H and O–H groups in total. The topological polar surface area (TPSA) is 59.5 Å². The van der Waals surface area contributed by atoms with Crippen molar-refractivity contribution in [3.05, 3.63) is 58.8 Å². The number of hydrogen-bond donors (Lipinski definition) is 1. The molecule has 4 heterocycles. The van der Waals surface area contributed by atoms with E-state index in [1.54, 1.807) is 21.2 Å². The van der Waals surface area contributed by atoms with Gasteiger partial charge in [-0.1, -0.05) is 11.6 Å². The Balaban J connectivity index is 1.43. The Morgan fingerprint density at radius 2 is 2.04 bits per heavy atom. The van der Waals surface area contributed by atoms with Crippen molar-refractivity contribution in [2.75, 3.05) is 5.32 Å². The smallest absolute Gasteiger partial charge is 0.364 e. The molecule has 1 fully saturated rings. The Bertz CT molecular complexity index is 1190. The van der Waals surface area contributed by atoms with Crippen molar-refractivity contribution in [1.82, 2.24) is 24.0 Å². The Morgan fingerprint density at radius 3 is 2.79 bits per heavy atom. The summed E-state index contributed by atoms with van der Waals surface area (Å²) in [4.78, 5) is 8.65. The fourth-order valence-corrected chi connectivity index (χ4v) is 3.42. The van der Waals surface area contributed by atoms with Gasteiger partial charge in [-0.25, -0.2) is 9.97 Å². The third-order valence-corrected chi connectivity index (χ3v) is 4.97. The van der Waals surface area contributed by atoms with Crippen LogP contribution in [0.2, 0.25) is 5.15 Å². The molecular weight excluding hydrogens is 393 g/mol. The molecule has 1 aliphatic rings. The van der Waals surface area contributed by atoms with Crippen molar-refractivity contribution in [3.63, 3.8) is 0 Å². The summed E-state index contributed by atoms with van der Waals surface area (Å²) >= 11 is 6.17. The second-order valence-electron chi connectivity index (χ2n) is 6.84. The maximum atomic E-state index is 12.9. The van der Waals surface area contributed by atoms with Crippen LogP contribution in [-0.4, -0.2) is 24.0 Å². The summed E-state index contributed by atoms with van der Waals surface area (Å²) in [6, 6.07) is 3.72. The van der Waals surface area contributed by atoms with E-state index in [1.165, 1.54) is 6.20 Å². The molecule has 0 aromatic carbocycles. The highest BCUT2D eigenvalue weighted by atomic mass is 35.5. The van der Waals surface area contributed by atoms with Crippen LogP contribution < -0.4 is 5.32 Å². The van der Waals surface area contributed by atoms with E-state index >= 15 is 0 Å². The van der Waals surface area contributed by atoms with Crippen LogP contribution in [0.25, 0.3) is 11.3 Å². The molecule has 6 nitrogen and oxygen atoms in total. The first-order valence-electron chi connectivity index (χ1n) is 8.71. The zero-order valence-corrected chi connectivity index (χ0v) is 15.2. The summed E-state index contributed by atoms with van der Waals surface area (Å²) in [5.41, 5.74) is 1.91. The van der Waals surface area contributed by atoms with Gasteiger partial charge in [0.1, 0.15) is 16.6 Å². The van der Waals surface area contributed by atoms with Gasteiger partial charge in [0, 0.05) is 24.0 Å². The van der Waals surface area contributed by atoms with Crippen LogP contribution in [0.15, 0.2) is 36.8 Å². The highest BCUT2D eigenvalue weighted by Gasteiger charge is 2.31. The summed E-state index contributed by atoms with van der Waals surface area (Å²) in [5, 5.41) is 7.95. The summed E-state index contributed by atoms with van der Waals surface area (Å²) in [6.45, 7) is 0.303. The zero-order chi connectivity index (χ0) is 19.5. The average Bonchev–Trinajstić information content (AvgIpc) is 3.25. The first-order valence-corrected chi connectivity index (χ1v) is 9.09. The molecule has 144 valence electrons. The van der Waals surface area contributed by atoms with Crippen molar-refractivity contribution >= 4 is 28.7 Å². The number of anilines is 1. The van der Waals surface area contributed by atoms with Gasteiger partial charge in [-0.2, -0.15) is 22.8 Å². The number of halogens is 4. The number of nitrogens with one attached hydrogen (secondary N) is 1. The van der Waals surface area contributed by atoms with Crippen LogP contribution in [0.3, 0.4) is 0 Å². The second kappa shape index (κ2) is 6.10. The summed E-state index contributed by atoms with van der Waals surface area (Å²) in [6.07, 6.45) is 2.70. The monoisotopic (exact) mass is 406 g/mol. The summed E-state index contributed by atoms with van der Waals surface area (Å²) < 4.78 is 41.8. The third-order valence-electron chi connectivity index (χ3n) is 4.77. The first-order chi connectivity index (χ1) is 13.4. The standard InChI is InChI=1S/C18H14ClF3N6/c19-14-6-15(28-17(26-14)13(8-24-28)10-1-2-10)23-7-12-9-27-4-3-11(18(20,21)22)5-16(27)25-12/h3-6,8-10,23H,1-2,7H2. The van der Waals surface area contributed by atoms with Gasteiger partial charge in [-0.3, -0.25) is 0 Å². The van der Waals surface area contributed by atoms with E-state index < -0.39 is 11.7 Å². The van der Waals surface area contributed by atoms with Gasteiger partial charge < -0.3 is 9.72 Å². The molecule has 0 amide bonds. The van der Waals surface area contributed by atoms with Gasteiger partial charge in [-0.05, 0) is 30.9 Å².